The van der Waals surface area contributed by atoms with E-state index < -0.39 is 10.0 Å². The van der Waals surface area contributed by atoms with Crippen molar-refractivity contribution in [2.75, 3.05) is 13.1 Å². The minimum Gasteiger partial charge on any atom is -0.345 e. The van der Waals surface area contributed by atoms with Gasteiger partial charge in [-0.15, -0.1) is 0 Å². The number of pyridine rings is 1. The highest BCUT2D eigenvalue weighted by atomic mass is 35.5. The number of carbonyl (C=O) groups is 1. The van der Waals surface area contributed by atoms with E-state index in [1.807, 2.05) is 0 Å². The van der Waals surface area contributed by atoms with Crippen LogP contribution >= 0.6 is 23.2 Å². The highest BCUT2D eigenvalue weighted by molar-refractivity contribution is 7.89. The smallest absolute Gasteiger partial charge is 0.253 e. The third kappa shape index (κ3) is 4.99. The summed E-state index contributed by atoms with van der Waals surface area (Å²) in [6.07, 6.45) is 1.34. The number of nitrogens with zero attached hydrogens (tertiary/aromatic N) is 2. The number of sulfonamides is 1. The molecule has 0 radical (unpaired) electrons. The van der Waals surface area contributed by atoms with Crippen LogP contribution in [0.1, 0.15) is 42.7 Å². The van der Waals surface area contributed by atoms with Gasteiger partial charge in [-0.3, -0.25) is 4.79 Å². The van der Waals surface area contributed by atoms with Crippen LogP contribution < -0.4 is 5.32 Å². The molecule has 1 N–H and O–H groups in total. The molecule has 0 spiro atoms. The Bertz CT molecular complexity index is 914. The second-order valence-electron chi connectivity index (χ2n) is 5.85. The number of amides is 1. The van der Waals surface area contributed by atoms with Gasteiger partial charge in [0.2, 0.25) is 10.0 Å². The lowest BCUT2D eigenvalue weighted by Crippen LogP contribution is -2.30. The molecule has 0 fully saturated rings. The molecule has 0 aliphatic carbocycles. The number of rotatable bonds is 7. The molecule has 9 heteroatoms. The maximum atomic E-state index is 12.5. The summed E-state index contributed by atoms with van der Waals surface area (Å²) in [6, 6.07) is 7.58. The summed E-state index contributed by atoms with van der Waals surface area (Å²) < 4.78 is 26.4. The van der Waals surface area contributed by atoms with Gasteiger partial charge in [0.1, 0.15) is 5.15 Å². The third-order valence-electron chi connectivity index (χ3n) is 4.13. The predicted molar refractivity (Wildman–Crippen MR) is 107 cm³/mol. The standard InChI is InChI=1S/C18H21Cl2N3O3S/c1-4-23(5-2)27(25,26)15-8-6-13(7-9-15)12(3)22-18(24)14-10-16(19)17(20)21-11-14/h6-12H,4-5H2,1-3H3,(H,22,24). The Kier molecular flexibility index (Phi) is 7.22. The second-order valence-corrected chi connectivity index (χ2v) is 8.55. The molecule has 1 aromatic heterocycles. The van der Waals surface area contributed by atoms with Crippen molar-refractivity contribution in [1.29, 1.82) is 0 Å². The summed E-state index contributed by atoms with van der Waals surface area (Å²) in [5.74, 6) is -0.353. The monoisotopic (exact) mass is 429 g/mol. The molecule has 2 rings (SSSR count). The first-order valence-corrected chi connectivity index (χ1v) is 10.6. The fraction of sp³-hybridized carbons (Fsp3) is 0.333. The molecular weight excluding hydrogens is 409 g/mol. The molecule has 27 heavy (non-hydrogen) atoms. The van der Waals surface area contributed by atoms with Gasteiger partial charge < -0.3 is 5.32 Å². The topological polar surface area (TPSA) is 79.4 Å². The lowest BCUT2D eigenvalue weighted by atomic mass is 10.1. The maximum absolute atomic E-state index is 12.5. The van der Waals surface area contributed by atoms with Crippen molar-refractivity contribution in [3.8, 4) is 0 Å². The van der Waals surface area contributed by atoms with E-state index in [9.17, 15) is 13.2 Å². The first-order chi connectivity index (χ1) is 12.7. The quantitative estimate of drug-likeness (QED) is 0.676. The number of nitrogens with one attached hydrogen (secondary N) is 1. The second kappa shape index (κ2) is 9.01. The Balaban J connectivity index is 2.14. The molecule has 2 aromatic rings. The van der Waals surface area contributed by atoms with Crippen LogP contribution in [0.5, 0.6) is 0 Å². The molecule has 0 saturated carbocycles. The molecular formula is C18H21Cl2N3O3S. The van der Waals surface area contributed by atoms with Gasteiger partial charge in [-0.25, -0.2) is 13.4 Å². The molecule has 0 aliphatic heterocycles. The zero-order valence-electron chi connectivity index (χ0n) is 15.2. The van der Waals surface area contributed by atoms with Gasteiger partial charge in [0.15, 0.2) is 0 Å². The first-order valence-electron chi connectivity index (χ1n) is 8.42. The Morgan fingerprint density at radius 3 is 2.30 bits per heavy atom. The van der Waals surface area contributed by atoms with E-state index in [2.05, 4.69) is 10.3 Å². The van der Waals surface area contributed by atoms with Crippen molar-refractivity contribution in [2.45, 2.75) is 31.7 Å². The van der Waals surface area contributed by atoms with Crippen LogP contribution in [0.25, 0.3) is 0 Å². The molecule has 0 saturated heterocycles. The summed E-state index contributed by atoms with van der Waals surface area (Å²) >= 11 is 11.6. The largest absolute Gasteiger partial charge is 0.345 e. The summed E-state index contributed by atoms with van der Waals surface area (Å²) in [5, 5.41) is 3.15. The SMILES string of the molecule is CCN(CC)S(=O)(=O)c1ccc(C(C)NC(=O)c2cnc(Cl)c(Cl)c2)cc1. The summed E-state index contributed by atoms with van der Waals surface area (Å²) in [5.41, 5.74) is 1.06. The van der Waals surface area contributed by atoms with Crippen LogP contribution in [0, 0.1) is 0 Å². The average Bonchev–Trinajstić information content (AvgIpc) is 2.64. The van der Waals surface area contributed by atoms with Crippen LogP contribution in [0.3, 0.4) is 0 Å². The lowest BCUT2D eigenvalue weighted by Gasteiger charge is -2.19. The van der Waals surface area contributed by atoms with Crippen molar-refractivity contribution >= 4 is 39.1 Å². The molecule has 1 amide bonds. The maximum Gasteiger partial charge on any atom is 0.253 e. The molecule has 146 valence electrons. The van der Waals surface area contributed by atoms with Crippen molar-refractivity contribution in [3.63, 3.8) is 0 Å². The van der Waals surface area contributed by atoms with Gasteiger partial charge in [-0.05, 0) is 30.7 Å². The van der Waals surface area contributed by atoms with Crippen LogP contribution in [0.4, 0.5) is 0 Å². The van der Waals surface area contributed by atoms with E-state index in [1.165, 1.54) is 16.6 Å². The average molecular weight is 430 g/mol. The summed E-state index contributed by atoms with van der Waals surface area (Å²) in [6.45, 7) is 6.21. The first kappa shape index (κ1) is 21.6. The fourth-order valence-corrected chi connectivity index (χ4v) is 4.28. The highest BCUT2D eigenvalue weighted by Crippen LogP contribution is 2.22. The van der Waals surface area contributed by atoms with Gasteiger partial charge in [0.25, 0.3) is 5.91 Å². The van der Waals surface area contributed by atoms with E-state index in [0.717, 1.165) is 5.56 Å². The molecule has 0 bridgehead atoms. The van der Waals surface area contributed by atoms with Gasteiger partial charge in [-0.2, -0.15) is 4.31 Å². The van der Waals surface area contributed by atoms with Crippen LogP contribution in [-0.4, -0.2) is 36.7 Å². The van der Waals surface area contributed by atoms with Crippen molar-refractivity contribution in [2.24, 2.45) is 0 Å². The van der Waals surface area contributed by atoms with Gasteiger partial charge in [0, 0.05) is 19.3 Å². The number of hydrogen-bond acceptors (Lipinski definition) is 4. The van der Waals surface area contributed by atoms with E-state index in [4.69, 9.17) is 23.2 Å². The van der Waals surface area contributed by atoms with Crippen LogP contribution in [0.2, 0.25) is 10.2 Å². The van der Waals surface area contributed by atoms with E-state index in [0.29, 0.717) is 13.1 Å². The Morgan fingerprint density at radius 1 is 1.19 bits per heavy atom. The van der Waals surface area contributed by atoms with E-state index in [1.54, 1.807) is 45.0 Å². The van der Waals surface area contributed by atoms with Gasteiger partial charge in [0.05, 0.1) is 21.5 Å². The molecule has 1 heterocycles. The van der Waals surface area contributed by atoms with Gasteiger partial charge >= 0.3 is 0 Å². The van der Waals surface area contributed by atoms with E-state index >= 15 is 0 Å². The van der Waals surface area contributed by atoms with Crippen molar-refractivity contribution in [3.05, 3.63) is 57.8 Å². The number of benzene rings is 1. The van der Waals surface area contributed by atoms with Crippen LogP contribution in [-0.2, 0) is 10.0 Å². The summed E-state index contributed by atoms with van der Waals surface area (Å²) in [7, 11) is -3.51. The highest BCUT2D eigenvalue weighted by Gasteiger charge is 2.22. The third-order valence-corrected chi connectivity index (χ3v) is 6.88. The van der Waals surface area contributed by atoms with Crippen molar-refractivity contribution in [1.82, 2.24) is 14.6 Å². The van der Waals surface area contributed by atoms with Gasteiger partial charge in [-0.1, -0.05) is 49.2 Å². The van der Waals surface area contributed by atoms with Crippen molar-refractivity contribution < 1.29 is 13.2 Å². The predicted octanol–water partition coefficient (Wildman–Crippen LogP) is 3.91. The fourth-order valence-electron chi connectivity index (χ4n) is 2.55. The Labute approximate surface area is 169 Å². The number of hydrogen-bond donors (Lipinski definition) is 1. The number of halogens is 2. The Morgan fingerprint density at radius 2 is 1.78 bits per heavy atom. The normalized spacial score (nSPS) is 12.8. The minimum absolute atomic E-state index is 0.131. The molecule has 0 aliphatic rings. The molecule has 1 atom stereocenters. The number of aromatic nitrogens is 1. The minimum atomic E-state index is -3.51. The Hall–Kier alpha value is -1.67. The lowest BCUT2D eigenvalue weighted by molar-refractivity contribution is 0.0939. The van der Waals surface area contributed by atoms with E-state index in [-0.39, 0.29) is 32.6 Å². The van der Waals surface area contributed by atoms with Crippen LogP contribution in [0.15, 0.2) is 41.4 Å². The molecule has 1 aromatic carbocycles. The summed E-state index contributed by atoms with van der Waals surface area (Å²) in [4.78, 5) is 16.4. The number of carbonyl (C=O) groups excluding carboxylic acids is 1. The zero-order chi connectivity index (χ0) is 20.2. The molecule has 1 unspecified atom stereocenters. The molecule has 6 nitrogen and oxygen atoms in total. The zero-order valence-corrected chi connectivity index (χ0v) is 17.6.